The maximum Gasteiger partial charge on any atom is 0.472 e. The minimum absolute atomic E-state index is 0.106. The minimum Gasteiger partial charge on any atom is -0.462 e. The topological polar surface area (TPSA) is 237 Å². The number of ether oxygens (including phenoxy) is 4. The molecule has 3 N–H and O–H groups in total. The third-order valence-corrected chi connectivity index (χ3v) is 20.5. The molecule has 0 rings (SSSR count). The molecular formula is C80H156O17P2. The quantitative estimate of drug-likeness (QED) is 0.0222. The summed E-state index contributed by atoms with van der Waals surface area (Å²) in [5.74, 6) is 0.231. The molecule has 0 aromatic rings. The van der Waals surface area contributed by atoms with E-state index in [-0.39, 0.29) is 25.7 Å². The lowest BCUT2D eigenvalue weighted by Crippen LogP contribution is -2.30. The highest BCUT2D eigenvalue weighted by Crippen LogP contribution is 2.45. The molecule has 0 aliphatic carbocycles. The van der Waals surface area contributed by atoms with Gasteiger partial charge in [0.2, 0.25) is 0 Å². The van der Waals surface area contributed by atoms with Crippen LogP contribution in [0.4, 0.5) is 0 Å². The number of aliphatic hydroxyl groups is 1. The number of rotatable bonds is 78. The largest absolute Gasteiger partial charge is 0.472 e. The Morgan fingerprint density at radius 3 is 0.687 bits per heavy atom. The van der Waals surface area contributed by atoms with Crippen molar-refractivity contribution < 1.29 is 80.2 Å². The zero-order chi connectivity index (χ0) is 73.0. The normalized spacial score (nSPS) is 14.0. The molecule has 0 aromatic heterocycles. The average Bonchev–Trinajstić information content (AvgIpc) is 1.28. The van der Waals surface area contributed by atoms with Crippen molar-refractivity contribution >= 4 is 39.5 Å². The van der Waals surface area contributed by atoms with Gasteiger partial charge < -0.3 is 33.8 Å². The zero-order valence-corrected chi connectivity index (χ0v) is 66.8. The predicted octanol–water partition coefficient (Wildman–Crippen LogP) is 23.7. The van der Waals surface area contributed by atoms with Crippen molar-refractivity contribution in [1.29, 1.82) is 0 Å². The van der Waals surface area contributed by atoms with Crippen molar-refractivity contribution in [2.24, 2.45) is 17.8 Å². The molecule has 17 nitrogen and oxygen atoms in total. The van der Waals surface area contributed by atoms with Gasteiger partial charge in [-0.15, -0.1) is 0 Å². The highest BCUT2D eigenvalue weighted by atomic mass is 31.2. The summed E-state index contributed by atoms with van der Waals surface area (Å²) >= 11 is 0. The lowest BCUT2D eigenvalue weighted by Gasteiger charge is -2.21. The monoisotopic (exact) mass is 1450 g/mol. The summed E-state index contributed by atoms with van der Waals surface area (Å²) in [6, 6.07) is 0. The number of aliphatic hydroxyl groups excluding tert-OH is 1. The molecule has 5 atom stereocenters. The van der Waals surface area contributed by atoms with E-state index in [1.807, 2.05) is 0 Å². The minimum atomic E-state index is -4.96. The first-order valence-electron chi connectivity index (χ1n) is 41.3. The SMILES string of the molecule is CCCCCCCCCCCCCC(=O)OC[C@H](COP(=O)(O)OC[C@H](O)COP(=O)(O)OC[C@@H](COC(=O)CCCCCCCCCCCCCC(C)C)OC(=O)CCCCCCCCCCCCCCCCCCCCC(C)C)OC(=O)CCCCCCCCCCCCC(C)C. The molecule has 0 fully saturated rings. The van der Waals surface area contributed by atoms with Crippen LogP contribution in [-0.4, -0.2) is 96.7 Å². The molecule has 2 unspecified atom stereocenters. The Bertz CT molecular complexity index is 1920. The number of carbonyl (C=O) groups excluding carboxylic acids is 4. The number of hydrogen-bond acceptors (Lipinski definition) is 15. The summed E-state index contributed by atoms with van der Waals surface area (Å²) in [6.45, 7) is 12.0. The van der Waals surface area contributed by atoms with E-state index in [1.54, 1.807) is 0 Å². The lowest BCUT2D eigenvalue weighted by atomic mass is 10.0. The van der Waals surface area contributed by atoms with E-state index in [0.717, 1.165) is 108 Å². The second kappa shape index (κ2) is 70.4. The third-order valence-electron chi connectivity index (χ3n) is 18.6. The summed E-state index contributed by atoms with van der Waals surface area (Å²) in [5.41, 5.74) is 0. The first kappa shape index (κ1) is 97.1. The van der Waals surface area contributed by atoms with Crippen LogP contribution in [0.25, 0.3) is 0 Å². The van der Waals surface area contributed by atoms with Gasteiger partial charge in [0.25, 0.3) is 0 Å². The summed E-state index contributed by atoms with van der Waals surface area (Å²) in [4.78, 5) is 73.0. The van der Waals surface area contributed by atoms with E-state index in [9.17, 15) is 43.2 Å². The van der Waals surface area contributed by atoms with Gasteiger partial charge in [-0.05, 0) is 43.4 Å². The van der Waals surface area contributed by atoms with Gasteiger partial charge >= 0.3 is 39.5 Å². The van der Waals surface area contributed by atoms with E-state index < -0.39 is 97.5 Å². The van der Waals surface area contributed by atoms with Crippen LogP contribution in [0.1, 0.15) is 414 Å². The molecule has 0 aliphatic heterocycles. The highest BCUT2D eigenvalue weighted by molar-refractivity contribution is 7.47. The van der Waals surface area contributed by atoms with Gasteiger partial charge in [-0.25, -0.2) is 9.13 Å². The summed E-state index contributed by atoms with van der Waals surface area (Å²) < 4.78 is 68.7. The van der Waals surface area contributed by atoms with Crippen molar-refractivity contribution in [3.05, 3.63) is 0 Å². The van der Waals surface area contributed by atoms with Gasteiger partial charge in [0.05, 0.1) is 26.4 Å². The van der Waals surface area contributed by atoms with Crippen LogP contribution in [0.15, 0.2) is 0 Å². The van der Waals surface area contributed by atoms with Gasteiger partial charge in [0.1, 0.15) is 19.3 Å². The predicted molar refractivity (Wildman–Crippen MR) is 405 cm³/mol. The molecule has 0 saturated heterocycles. The highest BCUT2D eigenvalue weighted by Gasteiger charge is 2.30. The molecule has 0 spiro atoms. The van der Waals surface area contributed by atoms with Crippen LogP contribution in [0.3, 0.4) is 0 Å². The van der Waals surface area contributed by atoms with Crippen LogP contribution in [0.5, 0.6) is 0 Å². The second-order valence-electron chi connectivity index (χ2n) is 30.2. The van der Waals surface area contributed by atoms with Crippen molar-refractivity contribution in [3.8, 4) is 0 Å². The van der Waals surface area contributed by atoms with Crippen molar-refractivity contribution in [1.82, 2.24) is 0 Å². The molecule has 0 amide bonds. The Morgan fingerprint density at radius 2 is 0.465 bits per heavy atom. The summed E-state index contributed by atoms with van der Waals surface area (Å²) in [5, 5.41) is 10.6. The standard InChI is InChI=1S/C80H156O17P2/c1-8-9-10-11-12-13-23-33-40-47-54-61-77(82)90-67-76(97-80(85)64-57-50-43-36-29-28-32-39-46-53-60-73(6)7)70-95-99(88,89)93-66-74(81)65-92-98(86,87)94-69-75(68-91-78(83)62-55-48-41-34-27-22-25-31-38-45-52-59-72(4)5)96-79(84)63-56-49-42-35-26-21-19-17-15-14-16-18-20-24-30-37-44-51-58-71(2)3/h71-76,81H,8-70H2,1-7H3,(H,86,87)(H,88,89)/t74-,75-,76-/m1/s1. The molecule has 0 saturated carbocycles. The molecule has 0 radical (unpaired) electrons. The molecular weight excluding hydrogens is 1290 g/mol. The summed E-state index contributed by atoms with van der Waals surface area (Å²) in [6.07, 6.45) is 58.2. The molecule has 588 valence electrons. The lowest BCUT2D eigenvalue weighted by molar-refractivity contribution is -0.161. The fourth-order valence-corrected chi connectivity index (χ4v) is 13.9. The molecule has 0 aromatic carbocycles. The maximum atomic E-state index is 13.1. The van der Waals surface area contributed by atoms with Crippen LogP contribution in [0.2, 0.25) is 0 Å². The van der Waals surface area contributed by atoms with Crippen molar-refractivity contribution in [2.75, 3.05) is 39.6 Å². The Kier molecular flexibility index (Phi) is 69.0. The molecule has 0 heterocycles. The number of esters is 4. The van der Waals surface area contributed by atoms with E-state index in [4.69, 9.17) is 37.0 Å². The van der Waals surface area contributed by atoms with Gasteiger partial charge in [-0.3, -0.25) is 37.3 Å². The molecule has 0 bridgehead atoms. The van der Waals surface area contributed by atoms with Crippen LogP contribution in [0, 0.1) is 17.8 Å². The fraction of sp³-hybridized carbons (Fsp3) is 0.950. The third kappa shape index (κ3) is 74.1. The first-order valence-corrected chi connectivity index (χ1v) is 44.3. The number of phosphoric ester groups is 2. The molecule has 99 heavy (non-hydrogen) atoms. The Balaban J connectivity index is 5.22. The number of carbonyl (C=O) groups is 4. The molecule has 19 heteroatoms. The van der Waals surface area contributed by atoms with Gasteiger partial charge in [-0.2, -0.15) is 0 Å². The van der Waals surface area contributed by atoms with Gasteiger partial charge in [0, 0.05) is 25.7 Å². The Morgan fingerprint density at radius 1 is 0.273 bits per heavy atom. The Labute approximate surface area is 607 Å². The van der Waals surface area contributed by atoms with E-state index >= 15 is 0 Å². The van der Waals surface area contributed by atoms with Crippen molar-refractivity contribution in [2.45, 2.75) is 433 Å². The number of phosphoric acid groups is 2. The van der Waals surface area contributed by atoms with Crippen molar-refractivity contribution in [3.63, 3.8) is 0 Å². The van der Waals surface area contributed by atoms with Crippen LogP contribution < -0.4 is 0 Å². The smallest absolute Gasteiger partial charge is 0.462 e. The number of hydrogen-bond donors (Lipinski definition) is 3. The van der Waals surface area contributed by atoms with E-state index in [2.05, 4.69) is 48.5 Å². The van der Waals surface area contributed by atoms with E-state index in [1.165, 1.54) is 225 Å². The first-order chi connectivity index (χ1) is 47.7. The summed E-state index contributed by atoms with van der Waals surface area (Å²) in [7, 11) is -9.92. The Hall–Kier alpha value is -1.94. The van der Waals surface area contributed by atoms with Gasteiger partial charge in [0.15, 0.2) is 12.2 Å². The number of unbranched alkanes of at least 4 members (excludes halogenated alkanes) is 46. The van der Waals surface area contributed by atoms with Crippen LogP contribution in [-0.2, 0) is 65.4 Å². The maximum absolute atomic E-state index is 13.1. The fourth-order valence-electron chi connectivity index (χ4n) is 12.3. The second-order valence-corrected chi connectivity index (χ2v) is 33.1. The van der Waals surface area contributed by atoms with E-state index in [0.29, 0.717) is 25.7 Å². The molecule has 0 aliphatic rings. The van der Waals surface area contributed by atoms with Gasteiger partial charge in [-0.1, -0.05) is 363 Å². The average molecular weight is 1450 g/mol. The van der Waals surface area contributed by atoms with Crippen LogP contribution >= 0.6 is 15.6 Å². The zero-order valence-electron chi connectivity index (χ0n) is 65.0.